The lowest BCUT2D eigenvalue weighted by Gasteiger charge is -2.11. The molecule has 0 spiro atoms. The van der Waals surface area contributed by atoms with Crippen LogP contribution in [0, 0.1) is 5.92 Å². The standard InChI is InChI=1S/C11H15ClN2O2S.ClH/c12-10-3-1-2-4-11(10)17(15,16)14-8-9-5-6-13-7-9;/h1-4,9,13-14H,5-8H2;1H. The van der Waals surface area contributed by atoms with Gasteiger partial charge < -0.3 is 5.32 Å². The number of benzene rings is 1. The number of hydrogen-bond acceptors (Lipinski definition) is 3. The molecule has 2 N–H and O–H groups in total. The van der Waals surface area contributed by atoms with Crippen LogP contribution in [-0.4, -0.2) is 28.1 Å². The molecule has 1 heterocycles. The van der Waals surface area contributed by atoms with Gasteiger partial charge in [0.15, 0.2) is 0 Å². The van der Waals surface area contributed by atoms with Gasteiger partial charge in [-0.05, 0) is 37.6 Å². The Morgan fingerprint density at radius 1 is 1.39 bits per heavy atom. The number of halogens is 2. The third-order valence-corrected chi connectivity index (χ3v) is 4.77. The second-order valence-electron chi connectivity index (χ2n) is 4.14. The largest absolute Gasteiger partial charge is 0.316 e. The summed E-state index contributed by atoms with van der Waals surface area (Å²) in [5, 5.41) is 3.45. The summed E-state index contributed by atoms with van der Waals surface area (Å²) in [5.41, 5.74) is 0. The lowest BCUT2D eigenvalue weighted by molar-refractivity contribution is 0.539. The van der Waals surface area contributed by atoms with Crippen LogP contribution in [0.3, 0.4) is 0 Å². The van der Waals surface area contributed by atoms with E-state index in [-0.39, 0.29) is 22.3 Å². The number of rotatable bonds is 4. The Labute approximate surface area is 119 Å². The molecule has 1 saturated heterocycles. The summed E-state index contributed by atoms with van der Waals surface area (Å²) in [7, 11) is -3.49. The van der Waals surface area contributed by atoms with Crippen molar-refractivity contribution in [2.75, 3.05) is 19.6 Å². The maximum absolute atomic E-state index is 12.0. The van der Waals surface area contributed by atoms with E-state index >= 15 is 0 Å². The third-order valence-electron chi connectivity index (χ3n) is 2.85. The second kappa shape index (κ2) is 6.73. The van der Waals surface area contributed by atoms with E-state index in [2.05, 4.69) is 10.0 Å². The number of nitrogens with one attached hydrogen (secondary N) is 2. The molecule has 102 valence electrons. The van der Waals surface area contributed by atoms with E-state index in [9.17, 15) is 8.42 Å². The highest BCUT2D eigenvalue weighted by atomic mass is 35.5. The normalized spacial score (nSPS) is 19.5. The van der Waals surface area contributed by atoms with E-state index in [1.807, 2.05) is 0 Å². The molecule has 1 unspecified atom stereocenters. The van der Waals surface area contributed by atoms with Crippen molar-refractivity contribution < 1.29 is 8.42 Å². The SMILES string of the molecule is Cl.O=S(=O)(NCC1CCNC1)c1ccccc1Cl. The molecule has 1 aliphatic rings. The Morgan fingerprint density at radius 2 is 2.11 bits per heavy atom. The molecule has 0 aliphatic carbocycles. The van der Waals surface area contributed by atoms with E-state index < -0.39 is 10.0 Å². The molecule has 0 radical (unpaired) electrons. The van der Waals surface area contributed by atoms with E-state index in [1.54, 1.807) is 18.2 Å². The Kier molecular flexibility index (Phi) is 5.88. The molecule has 18 heavy (non-hydrogen) atoms. The molecule has 1 aliphatic heterocycles. The monoisotopic (exact) mass is 310 g/mol. The second-order valence-corrected chi connectivity index (χ2v) is 6.28. The van der Waals surface area contributed by atoms with Gasteiger partial charge in [0.05, 0.1) is 5.02 Å². The fourth-order valence-electron chi connectivity index (χ4n) is 1.86. The van der Waals surface area contributed by atoms with Gasteiger partial charge in [-0.2, -0.15) is 0 Å². The summed E-state index contributed by atoms with van der Waals surface area (Å²) in [6.45, 7) is 2.28. The summed E-state index contributed by atoms with van der Waals surface area (Å²) in [6.07, 6.45) is 1.01. The zero-order chi connectivity index (χ0) is 12.3. The van der Waals surface area contributed by atoms with Crippen LogP contribution in [0.25, 0.3) is 0 Å². The van der Waals surface area contributed by atoms with Gasteiger partial charge in [0.25, 0.3) is 0 Å². The molecule has 4 nitrogen and oxygen atoms in total. The van der Waals surface area contributed by atoms with Crippen molar-refractivity contribution in [3.05, 3.63) is 29.3 Å². The Bertz CT molecular complexity index is 488. The van der Waals surface area contributed by atoms with Crippen molar-refractivity contribution in [3.8, 4) is 0 Å². The summed E-state index contributed by atoms with van der Waals surface area (Å²) >= 11 is 5.87. The fraction of sp³-hybridized carbons (Fsp3) is 0.455. The smallest absolute Gasteiger partial charge is 0.242 e. The topological polar surface area (TPSA) is 58.2 Å². The highest BCUT2D eigenvalue weighted by Gasteiger charge is 2.20. The zero-order valence-corrected chi connectivity index (χ0v) is 12.1. The summed E-state index contributed by atoms with van der Waals surface area (Å²) in [4.78, 5) is 0.146. The average Bonchev–Trinajstić information content (AvgIpc) is 2.80. The first kappa shape index (κ1) is 15.7. The van der Waals surface area contributed by atoms with E-state index in [0.29, 0.717) is 12.5 Å². The van der Waals surface area contributed by atoms with Gasteiger partial charge in [-0.1, -0.05) is 23.7 Å². The molecule has 0 saturated carbocycles. The van der Waals surface area contributed by atoms with Gasteiger partial charge in [-0.25, -0.2) is 13.1 Å². The zero-order valence-electron chi connectivity index (χ0n) is 9.73. The summed E-state index contributed by atoms with van der Waals surface area (Å²) in [6, 6.07) is 6.46. The molecule has 2 rings (SSSR count). The molecular formula is C11H16Cl2N2O2S. The lowest BCUT2D eigenvalue weighted by Crippen LogP contribution is -2.30. The molecule has 1 fully saturated rings. The van der Waals surface area contributed by atoms with Crippen LogP contribution in [0.5, 0.6) is 0 Å². The van der Waals surface area contributed by atoms with Crippen LogP contribution in [-0.2, 0) is 10.0 Å². The van der Waals surface area contributed by atoms with Crippen molar-refractivity contribution in [1.82, 2.24) is 10.0 Å². The highest BCUT2D eigenvalue weighted by Crippen LogP contribution is 2.20. The Balaban J connectivity index is 0.00000162. The van der Waals surface area contributed by atoms with E-state index in [4.69, 9.17) is 11.6 Å². The maximum Gasteiger partial charge on any atom is 0.242 e. The molecule has 0 bridgehead atoms. The Morgan fingerprint density at radius 3 is 2.72 bits per heavy atom. The summed E-state index contributed by atoms with van der Waals surface area (Å²) in [5.74, 6) is 0.368. The first-order valence-electron chi connectivity index (χ1n) is 5.54. The first-order valence-corrected chi connectivity index (χ1v) is 7.40. The summed E-state index contributed by atoms with van der Waals surface area (Å²) < 4.78 is 26.6. The molecule has 1 atom stereocenters. The van der Waals surface area contributed by atoms with Gasteiger partial charge in [-0.3, -0.25) is 0 Å². The predicted molar refractivity (Wildman–Crippen MR) is 74.9 cm³/mol. The van der Waals surface area contributed by atoms with Gasteiger partial charge in [-0.15, -0.1) is 12.4 Å². The van der Waals surface area contributed by atoms with E-state index in [0.717, 1.165) is 19.5 Å². The average molecular weight is 311 g/mol. The van der Waals surface area contributed by atoms with Gasteiger partial charge in [0.1, 0.15) is 4.90 Å². The molecule has 0 aromatic heterocycles. The molecule has 7 heteroatoms. The molecule has 1 aromatic rings. The lowest BCUT2D eigenvalue weighted by atomic mass is 10.1. The molecular weight excluding hydrogens is 295 g/mol. The minimum absolute atomic E-state index is 0. The number of sulfonamides is 1. The van der Waals surface area contributed by atoms with Crippen LogP contribution in [0.2, 0.25) is 5.02 Å². The van der Waals surface area contributed by atoms with Crippen LogP contribution in [0.1, 0.15) is 6.42 Å². The quantitative estimate of drug-likeness (QED) is 0.889. The molecule has 0 amide bonds. The highest BCUT2D eigenvalue weighted by molar-refractivity contribution is 7.89. The van der Waals surface area contributed by atoms with Crippen molar-refractivity contribution in [2.45, 2.75) is 11.3 Å². The van der Waals surface area contributed by atoms with Crippen molar-refractivity contribution in [3.63, 3.8) is 0 Å². The maximum atomic E-state index is 12.0. The van der Waals surface area contributed by atoms with E-state index in [1.165, 1.54) is 6.07 Å². The van der Waals surface area contributed by atoms with Gasteiger partial charge in [0, 0.05) is 6.54 Å². The minimum Gasteiger partial charge on any atom is -0.316 e. The minimum atomic E-state index is -3.49. The van der Waals surface area contributed by atoms with Crippen LogP contribution in [0.15, 0.2) is 29.2 Å². The van der Waals surface area contributed by atoms with Crippen molar-refractivity contribution >= 4 is 34.0 Å². The van der Waals surface area contributed by atoms with Crippen molar-refractivity contribution in [1.29, 1.82) is 0 Å². The first-order chi connectivity index (χ1) is 8.09. The fourth-order valence-corrected chi connectivity index (χ4v) is 3.49. The molecule has 1 aromatic carbocycles. The number of hydrogen-bond donors (Lipinski definition) is 2. The predicted octanol–water partition coefficient (Wildman–Crippen LogP) is 1.65. The van der Waals surface area contributed by atoms with Crippen LogP contribution < -0.4 is 10.0 Å². The van der Waals surface area contributed by atoms with Crippen LogP contribution in [0.4, 0.5) is 0 Å². The van der Waals surface area contributed by atoms with Crippen molar-refractivity contribution in [2.24, 2.45) is 5.92 Å². The Hall–Kier alpha value is -0.330. The van der Waals surface area contributed by atoms with Gasteiger partial charge >= 0.3 is 0 Å². The third kappa shape index (κ3) is 3.83. The van der Waals surface area contributed by atoms with Gasteiger partial charge in [0.2, 0.25) is 10.0 Å². The van der Waals surface area contributed by atoms with Crippen LogP contribution >= 0.6 is 24.0 Å².